The highest BCUT2D eigenvalue weighted by atomic mass is 35.5. The number of hydrogen-bond donors (Lipinski definition) is 4. The lowest BCUT2D eigenvalue weighted by Gasteiger charge is -2.08. The van der Waals surface area contributed by atoms with Crippen LogP contribution in [0.25, 0.3) is 0 Å². The van der Waals surface area contributed by atoms with Crippen LogP contribution in [0.1, 0.15) is 10.4 Å². The molecule has 0 heterocycles. The highest BCUT2D eigenvalue weighted by Crippen LogP contribution is 2.21. The number of methoxy groups -OCH3 is 1. The third kappa shape index (κ3) is 3.51. The topological polar surface area (TPSA) is 105 Å². The van der Waals surface area contributed by atoms with Gasteiger partial charge in [-0.2, -0.15) is 0 Å². The van der Waals surface area contributed by atoms with Crippen LogP contribution in [0, 0.1) is 0 Å². The van der Waals surface area contributed by atoms with E-state index in [0.29, 0.717) is 5.75 Å². The highest BCUT2D eigenvalue weighted by molar-refractivity contribution is 6.34. The van der Waals surface area contributed by atoms with Crippen molar-refractivity contribution in [3.8, 4) is 5.75 Å². The van der Waals surface area contributed by atoms with Crippen molar-refractivity contribution in [2.75, 3.05) is 7.11 Å². The molecule has 0 radical (unpaired) electrons. The summed E-state index contributed by atoms with van der Waals surface area (Å²) in [4.78, 5) is 22.3. The second kappa shape index (κ2) is 5.92. The van der Waals surface area contributed by atoms with Gasteiger partial charge in [0.25, 0.3) is 5.91 Å². The summed E-state index contributed by atoms with van der Waals surface area (Å²) < 4.78 is 4.93. The number of ether oxygens (including phenoxy) is 1. The molecule has 0 spiro atoms. The van der Waals surface area contributed by atoms with Crippen LogP contribution < -0.4 is 26.9 Å². The number of urea groups is 1. The molecule has 0 aliphatic rings. The number of nitrogens with one attached hydrogen (secondary N) is 3. The fraction of sp³-hybridized carbons (Fsp3) is 0.111. The molecule has 0 saturated heterocycles. The Labute approximate surface area is 102 Å². The number of amides is 3. The zero-order chi connectivity index (χ0) is 12.8. The van der Waals surface area contributed by atoms with Crippen molar-refractivity contribution in [3.05, 3.63) is 28.8 Å². The third-order valence-electron chi connectivity index (χ3n) is 1.84. The largest absolute Gasteiger partial charge is 0.497 e. The molecule has 0 aliphatic heterocycles. The molecule has 92 valence electrons. The van der Waals surface area contributed by atoms with Crippen molar-refractivity contribution < 1.29 is 14.3 Å². The molecule has 0 fully saturated rings. The van der Waals surface area contributed by atoms with E-state index in [1.54, 1.807) is 11.5 Å². The minimum absolute atomic E-state index is 0.199. The Kier molecular flexibility index (Phi) is 4.56. The standard InChI is InChI=1S/C9H11ClN4O3/c1-17-5-2-3-6(7(10)4-5)8(15)13-14-9(16)12-11/h2-4H,11H2,1H3,(H,13,15)(H2,12,14,16). The van der Waals surface area contributed by atoms with Gasteiger partial charge in [0.05, 0.1) is 17.7 Å². The Morgan fingerprint density at radius 3 is 2.59 bits per heavy atom. The highest BCUT2D eigenvalue weighted by Gasteiger charge is 2.11. The molecule has 1 rings (SSSR count). The van der Waals surface area contributed by atoms with Gasteiger partial charge in [-0.05, 0) is 18.2 Å². The quantitative estimate of drug-likeness (QED) is 0.345. The summed E-state index contributed by atoms with van der Waals surface area (Å²) in [5.74, 6) is 4.77. The van der Waals surface area contributed by atoms with Gasteiger partial charge in [0.15, 0.2) is 0 Å². The molecule has 0 saturated carbocycles. The van der Waals surface area contributed by atoms with Crippen molar-refractivity contribution in [2.45, 2.75) is 0 Å². The van der Waals surface area contributed by atoms with E-state index in [0.717, 1.165) is 0 Å². The van der Waals surface area contributed by atoms with Crippen LogP contribution in [0.5, 0.6) is 5.75 Å². The van der Waals surface area contributed by atoms with Crippen molar-refractivity contribution in [1.29, 1.82) is 0 Å². The van der Waals surface area contributed by atoms with Crippen molar-refractivity contribution in [2.24, 2.45) is 5.84 Å². The Hall–Kier alpha value is -1.99. The zero-order valence-corrected chi connectivity index (χ0v) is 9.67. The van der Waals surface area contributed by atoms with Crippen molar-refractivity contribution in [1.82, 2.24) is 16.3 Å². The minimum atomic E-state index is -0.747. The lowest BCUT2D eigenvalue weighted by Crippen LogP contribution is -2.49. The van der Waals surface area contributed by atoms with E-state index in [1.807, 2.05) is 5.43 Å². The van der Waals surface area contributed by atoms with Gasteiger partial charge in [0.2, 0.25) is 0 Å². The summed E-state index contributed by atoms with van der Waals surface area (Å²) in [5, 5.41) is 0.205. The first-order valence-corrected chi connectivity index (χ1v) is 4.86. The Morgan fingerprint density at radius 2 is 2.06 bits per heavy atom. The SMILES string of the molecule is COc1ccc(C(=O)NNC(=O)NN)c(Cl)c1. The van der Waals surface area contributed by atoms with Crippen LogP contribution >= 0.6 is 11.6 Å². The normalized spacial score (nSPS) is 9.35. The number of nitrogens with two attached hydrogens (primary N) is 1. The van der Waals surface area contributed by atoms with Gasteiger partial charge in [-0.25, -0.2) is 16.1 Å². The summed E-state index contributed by atoms with van der Waals surface area (Å²) in [6.07, 6.45) is 0. The molecule has 1 aromatic carbocycles. The number of rotatable bonds is 2. The number of hydrazine groups is 2. The van der Waals surface area contributed by atoms with Crippen LogP contribution in [-0.4, -0.2) is 19.0 Å². The molecule has 0 atom stereocenters. The van der Waals surface area contributed by atoms with Gasteiger partial charge in [-0.1, -0.05) is 11.6 Å². The maximum absolute atomic E-state index is 11.6. The predicted molar refractivity (Wildman–Crippen MR) is 61.3 cm³/mol. The Bertz CT molecular complexity index is 438. The number of benzene rings is 1. The van der Waals surface area contributed by atoms with E-state index in [2.05, 4.69) is 5.43 Å². The maximum atomic E-state index is 11.6. The molecule has 3 amide bonds. The van der Waals surface area contributed by atoms with Gasteiger partial charge in [0, 0.05) is 0 Å². The predicted octanol–water partition coefficient (Wildman–Crippen LogP) is 0.166. The number of hydrogen-bond acceptors (Lipinski definition) is 4. The Morgan fingerprint density at radius 1 is 1.35 bits per heavy atom. The van der Waals surface area contributed by atoms with Crippen LogP contribution in [-0.2, 0) is 0 Å². The average Bonchev–Trinajstić information content (AvgIpc) is 2.35. The summed E-state index contributed by atoms with van der Waals surface area (Å²) in [6, 6.07) is 3.78. The molecule has 0 bridgehead atoms. The van der Waals surface area contributed by atoms with Crippen LogP contribution in [0.15, 0.2) is 18.2 Å². The van der Waals surface area contributed by atoms with E-state index in [-0.39, 0.29) is 10.6 Å². The lowest BCUT2D eigenvalue weighted by molar-refractivity contribution is 0.0936. The van der Waals surface area contributed by atoms with E-state index in [1.165, 1.54) is 19.2 Å². The molecule has 5 N–H and O–H groups in total. The average molecular weight is 259 g/mol. The van der Waals surface area contributed by atoms with Gasteiger partial charge in [-0.15, -0.1) is 0 Å². The number of carbonyl (C=O) groups excluding carboxylic acids is 2. The van der Waals surface area contributed by atoms with Crippen LogP contribution in [0.2, 0.25) is 5.02 Å². The first-order valence-electron chi connectivity index (χ1n) is 4.49. The molecule has 0 unspecified atom stereocenters. The molecule has 0 aromatic heterocycles. The number of halogens is 1. The molecule has 8 heteroatoms. The molecular weight excluding hydrogens is 248 g/mol. The fourth-order valence-corrected chi connectivity index (χ4v) is 1.28. The summed E-state index contributed by atoms with van der Waals surface area (Å²) in [7, 11) is 1.48. The van der Waals surface area contributed by atoms with E-state index >= 15 is 0 Å². The first-order chi connectivity index (χ1) is 8.08. The molecular formula is C9H11ClN4O3. The molecule has 1 aromatic rings. The zero-order valence-electron chi connectivity index (χ0n) is 8.91. The smallest absolute Gasteiger partial charge is 0.347 e. The fourth-order valence-electron chi connectivity index (χ4n) is 1.02. The lowest BCUT2D eigenvalue weighted by atomic mass is 10.2. The van der Waals surface area contributed by atoms with Crippen molar-refractivity contribution in [3.63, 3.8) is 0 Å². The number of carbonyl (C=O) groups is 2. The third-order valence-corrected chi connectivity index (χ3v) is 2.15. The first kappa shape index (κ1) is 13.1. The van der Waals surface area contributed by atoms with E-state index < -0.39 is 11.9 Å². The minimum Gasteiger partial charge on any atom is -0.497 e. The van der Waals surface area contributed by atoms with Gasteiger partial charge in [-0.3, -0.25) is 15.6 Å². The summed E-state index contributed by atoms with van der Waals surface area (Å²) in [6.45, 7) is 0. The maximum Gasteiger partial charge on any atom is 0.347 e. The van der Waals surface area contributed by atoms with E-state index in [4.69, 9.17) is 22.2 Å². The van der Waals surface area contributed by atoms with Gasteiger partial charge < -0.3 is 4.74 Å². The van der Waals surface area contributed by atoms with Crippen LogP contribution in [0.4, 0.5) is 4.79 Å². The monoisotopic (exact) mass is 258 g/mol. The van der Waals surface area contributed by atoms with E-state index in [9.17, 15) is 9.59 Å². The van der Waals surface area contributed by atoms with Crippen molar-refractivity contribution >= 4 is 23.5 Å². The molecule has 7 nitrogen and oxygen atoms in total. The van der Waals surface area contributed by atoms with Gasteiger partial charge in [0.1, 0.15) is 5.75 Å². The van der Waals surface area contributed by atoms with Gasteiger partial charge >= 0.3 is 6.03 Å². The second-order valence-electron chi connectivity index (χ2n) is 2.90. The van der Waals surface area contributed by atoms with Crippen LogP contribution in [0.3, 0.4) is 0 Å². The second-order valence-corrected chi connectivity index (χ2v) is 3.31. The molecule has 0 aliphatic carbocycles. The summed E-state index contributed by atoms with van der Waals surface area (Å²) in [5.41, 5.74) is 6.13. The Balaban J connectivity index is 2.72. The molecule has 17 heavy (non-hydrogen) atoms. The summed E-state index contributed by atoms with van der Waals surface area (Å²) >= 11 is 5.86.